The average molecular weight is 257 g/mol. The molecule has 1 fully saturated rings. The molecule has 1 aromatic heterocycles. The van der Waals surface area contributed by atoms with Crippen molar-refractivity contribution in [2.75, 3.05) is 19.7 Å². The lowest BCUT2D eigenvalue weighted by Gasteiger charge is -2.33. The highest BCUT2D eigenvalue weighted by atomic mass is 16.5. The van der Waals surface area contributed by atoms with Crippen molar-refractivity contribution in [3.05, 3.63) is 53.3 Å². The molecule has 1 N–H and O–H groups in total. The molecule has 1 aliphatic heterocycles. The topological polar surface area (TPSA) is 41.2 Å². The van der Waals surface area contributed by atoms with Gasteiger partial charge in [-0.1, -0.05) is 30.3 Å². The minimum atomic E-state index is 0.179. The Hall–Kier alpha value is -1.65. The van der Waals surface area contributed by atoms with Crippen LogP contribution in [0.25, 0.3) is 0 Å². The number of aromatic amines is 1. The van der Waals surface area contributed by atoms with Crippen LogP contribution >= 0.6 is 0 Å². The molecule has 0 aliphatic carbocycles. The summed E-state index contributed by atoms with van der Waals surface area (Å²) in [6.45, 7) is 5.70. The highest BCUT2D eigenvalue weighted by Crippen LogP contribution is 2.23. The highest BCUT2D eigenvalue weighted by Gasteiger charge is 2.22. The lowest BCUT2D eigenvalue weighted by atomic mass is 10.1. The summed E-state index contributed by atoms with van der Waals surface area (Å²) in [6.07, 6.45) is 2.06. The van der Waals surface area contributed by atoms with Crippen LogP contribution in [0, 0.1) is 6.92 Å². The molecule has 4 heteroatoms. The zero-order valence-corrected chi connectivity index (χ0v) is 11.2. The minimum Gasteiger partial charge on any atom is -0.371 e. The maximum atomic E-state index is 5.88. The van der Waals surface area contributed by atoms with Crippen molar-refractivity contribution in [3.63, 3.8) is 0 Å². The van der Waals surface area contributed by atoms with Crippen molar-refractivity contribution in [3.8, 4) is 0 Å². The van der Waals surface area contributed by atoms with Crippen LogP contribution in [0.4, 0.5) is 0 Å². The second-order valence-electron chi connectivity index (χ2n) is 5.04. The summed E-state index contributed by atoms with van der Waals surface area (Å²) in [4.78, 5) is 2.42. The monoisotopic (exact) mass is 257 g/mol. The van der Waals surface area contributed by atoms with E-state index in [2.05, 4.69) is 46.3 Å². The fourth-order valence-corrected chi connectivity index (χ4v) is 2.47. The zero-order chi connectivity index (χ0) is 13.1. The first-order valence-corrected chi connectivity index (χ1v) is 6.70. The van der Waals surface area contributed by atoms with E-state index in [1.54, 1.807) is 0 Å². The van der Waals surface area contributed by atoms with Crippen LogP contribution in [-0.2, 0) is 11.3 Å². The third kappa shape index (κ3) is 2.85. The Morgan fingerprint density at radius 1 is 1.37 bits per heavy atom. The van der Waals surface area contributed by atoms with E-state index in [9.17, 15) is 0 Å². The number of hydrogen-bond acceptors (Lipinski definition) is 3. The number of morpholine rings is 1. The Morgan fingerprint density at radius 2 is 2.21 bits per heavy atom. The summed E-state index contributed by atoms with van der Waals surface area (Å²) in [5.41, 5.74) is 3.69. The second kappa shape index (κ2) is 5.55. The summed E-state index contributed by atoms with van der Waals surface area (Å²) in [5.74, 6) is 0. The van der Waals surface area contributed by atoms with Gasteiger partial charge >= 0.3 is 0 Å². The SMILES string of the molecule is Cc1cn[nH]c1CN1CCOC(c2ccccc2)C1. The quantitative estimate of drug-likeness (QED) is 0.917. The van der Waals surface area contributed by atoms with Gasteiger partial charge in [-0.3, -0.25) is 10.00 Å². The van der Waals surface area contributed by atoms with Crippen LogP contribution in [-0.4, -0.2) is 34.8 Å². The van der Waals surface area contributed by atoms with Crippen molar-refractivity contribution >= 4 is 0 Å². The highest BCUT2D eigenvalue weighted by molar-refractivity contribution is 5.19. The average Bonchev–Trinajstić information content (AvgIpc) is 2.86. The second-order valence-corrected chi connectivity index (χ2v) is 5.04. The molecule has 4 nitrogen and oxygen atoms in total. The van der Waals surface area contributed by atoms with E-state index in [0.717, 1.165) is 26.2 Å². The number of aryl methyl sites for hydroxylation is 1. The Balaban J connectivity index is 1.67. The largest absolute Gasteiger partial charge is 0.371 e. The van der Waals surface area contributed by atoms with Crippen LogP contribution in [0.15, 0.2) is 36.5 Å². The van der Waals surface area contributed by atoms with E-state index in [1.807, 2.05) is 12.3 Å². The van der Waals surface area contributed by atoms with Crippen LogP contribution in [0.3, 0.4) is 0 Å². The summed E-state index contributed by atoms with van der Waals surface area (Å²) in [6, 6.07) is 10.4. The van der Waals surface area contributed by atoms with Crippen molar-refractivity contribution in [2.45, 2.75) is 19.6 Å². The number of ether oxygens (including phenoxy) is 1. The molecule has 0 saturated carbocycles. The smallest absolute Gasteiger partial charge is 0.0952 e. The van der Waals surface area contributed by atoms with Gasteiger partial charge in [0.25, 0.3) is 0 Å². The Kier molecular flexibility index (Phi) is 3.62. The molecule has 0 spiro atoms. The van der Waals surface area contributed by atoms with Crippen molar-refractivity contribution in [2.24, 2.45) is 0 Å². The number of nitrogens with zero attached hydrogens (tertiary/aromatic N) is 2. The van der Waals surface area contributed by atoms with Crippen molar-refractivity contribution in [1.29, 1.82) is 0 Å². The molecule has 2 aromatic rings. The Labute approximate surface area is 113 Å². The molecule has 2 heterocycles. The van der Waals surface area contributed by atoms with E-state index in [1.165, 1.54) is 16.8 Å². The Morgan fingerprint density at radius 3 is 2.95 bits per heavy atom. The molecule has 0 amide bonds. The van der Waals surface area contributed by atoms with E-state index < -0.39 is 0 Å². The first-order chi connectivity index (χ1) is 9.33. The molecular weight excluding hydrogens is 238 g/mol. The van der Waals surface area contributed by atoms with Gasteiger partial charge in [0.15, 0.2) is 0 Å². The van der Waals surface area contributed by atoms with E-state index in [4.69, 9.17) is 4.74 Å². The minimum absolute atomic E-state index is 0.179. The molecule has 100 valence electrons. The number of benzene rings is 1. The van der Waals surface area contributed by atoms with Gasteiger partial charge in [0.1, 0.15) is 0 Å². The van der Waals surface area contributed by atoms with E-state index >= 15 is 0 Å². The van der Waals surface area contributed by atoms with E-state index in [-0.39, 0.29) is 6.10 Å². The summed E-state index contributed by atoms with van der Waals surface area (Å²) < 4.78 is 5.88. The molecule has 3 rings (SSSR count). The maximum Gasteiger partial charge on any atom is 0.0952 e. The molecule has 19 heavy (non-hydrogen) atoms. The van der Waals surface area contributed by atoms with Gasteiger partial charge in [-0.2, -0.15) is 5.10 Å². The molecular formula is C15H19N3O. The lowest BCUT2D eigenvalue weighted by Crippen LogP contribution is -2.38. The first-order valence-electron chi connectivity index (χ1n) is 6.70. The van der Waals surface area contributed by atoms with Crippen LogP contribution in [0.2, 0.25) is 0 Å². The van der Waals surface area contributed by atoms with Gasteiger partial charge in [-0.05, 0) is 18.1 Å². The summed E-state index contributed by atoms with van der Waals surface area (Å²) >= 11 is 0. The molecule has 0 bridgehead atoms. The van der Waals surface area contributed by atoms with Gasteiger partial charge in [0.05, 0.1) is 24.6 Å². The van der Waals surface area contributed by atoms with Gasteiger partial charge in [-0.25, -0.2) is 0 Å². The van der Waals surface area contributed by atoms with Crippen LogP contribution in [0.1, 0.15) is 22.9 Å². The number of aromatic nitrogens is 2. The Bertz CT molecular complexity index is 523. The normalized spacial score (nSPS) is 20.6. The van der Waals surface area contributed by atoms with Gasteiger partial charge in [-0.15, -0.1) is 0 Å². The predicted octanol–water partition coefficient (Wildman–Crippen LogP) is 2.29. The molecule has 1 atom stereocenters. The van der Waals surface area contributed by atoms with Gasteiger partial charge in [0.2, 0.25) is 0 Å². The number of hydrogen-bond donors (Lipinski definition) is 1. The predicted molar refractivity (Wildman–Crippen MR) is 73.7 cm³/mol. The van der Waals surface area contributed by atoms with Crippen LogP contribution in [0.5, 0.6) is 0 Å². The molecule has 1 aliphatic rings. The fourth-order valence-electron chi connectivity index (χ4n) is 2.47. The number of H-pyrrole nitrogens is 1. The molecule has 1 aromatic carbocycles. The van der Waals surface area contributed by atoms with Crippen LogP contribution < -0.4 is 0 Å². The molecule has 0 radical (unpaired) electrons. The number of nitrogens with one attached hydrogen (secondary N) is 1. The summed E-state index contributed by atoms with van der Waals surface area (Å²) in [5, 5.41) is 7.16. The lowest BCUT2D eigenvalue weighted by molar-refractivity contribution is -0.0333. The van der Waals surface area contributed by atoms with Crippen molar-refractivity contribution < 1.29 is 4.74 Å². The van der Waals surface area contributed by atoms with Crippen molar-refractivity contribution in [1.82, 2.24) is 15.1 Å². The summed E-state index contributed by atoms with van der Waals surface area (Å²) in [7, 11) is 0. The fraction of sp³-hybridized carbons (Fsp3) is 0.400. The molecule has 1 saturated heterocycles. The van der Waals surface area contributed by atoms with Gasteiger partial charge < -0.3 is 4.74 Å². The zero-order valence-electron chi connectivity index (χ0n) is 11.2. The molecule has 1 unspecified atom stereocenters. The maximum absolute atomic E-state index is 5.88. The van der Waals surface area contributed by atoms with Gasteiger partial charge in [0, 0.05) is 19.6 Å². The van der Waals surface area contributed by atoms with E-state index in [0.29, 0.717) is 0 Å². The third-order valence-corrected chi connectivity index (χ3v) is 3.64. The first kappa shape index (κ1) is 12.4. The third-order valence-electron chi connectivity index (χ3n) is 3.64. The number of rotatable bonds is 3. The standard InChI is InChI=1S/C15H19N3O/c1-12-9-16-17-14(12)10-18-7-8-19-15(11-18)13-5-3-2-4-6-13/h2-6,9,15H,7-8,10-11H2,1H3,(H,16,17).